The smallest absolute Gasteiger partial charge is 0.266 e. The molecule has 3 rings (SSSR count). The standard InChI is InChI=1S/C18H14BrF3IN3/c1-8(10-4-3-5-11(16(10)20)17(21)22)24-18-12-6-14(23)13(19)7-15(12)25-9(2)26-18/h3-8,17H,1-2H3,(H,24,25,26)/t8-/m1/s1. The molecule has 1 aromatic heterocycles. The second kappa shape index (κ2) is 7.67. The summed E-state index contributed by atoms with van der Waals surface area (Å²) in [5.41, 5.74) is 0.304. The molecule has 8 heteroatoms. The first-order valence-corrected chi connectivity index (χ1v) is 9.61. The lowest BCUT2D eigenvalue weighted by Crippen LogP contribution is -2.12. The van der Waals surface area contributed by atoms with Crippen LogP contribution in [0.2, 0.25) is 0 Å². The van der Waals surface area contributed by atoms with E-state index >= 15 is 0 Å². The fraction of sp³-hybridized carbons (Fsp3) is 0.222. The molecule has 0 spiro atoms. The van der Waals surface area contributed by atoms with Gasteiger partial charge >= 0.3 is 0 Å². The number of aryl methyl sites for hydroxylation is 1. The molecule has 1 heterocycles. The lowest BCUT2D eigenvalue weighted by Gasteiger charge is -2.19. The first kappa shape index (κ1) is 19.3. The van der Waals surface area contributed by atoms with Gasteiger partial charge < -0.3 is 5.32 Å². The Labute approximate surface area is 170 Å². The van der Waals surface area contributed by atoms with Crippen LogP contribution in [0, 0.1) is 16.3 Å². The Hall–Kier alpha value is -1.42. The van der Waals surface area contributed by atoms with Crippen LogP contribution in [0.15, 0.2) is 34.8 Å². The fourth-order valence-electron chi connectivity index (χ4n) is 2.70. The highest BCUT2D eigenvalue weighted by Gasteiger charge is 2.20. The van der Waals surface area contributed by atoms with Gasteiger partial charge in [0.15, 0.2) is 0 Å². The van der Waals surface area contributed by atoms with Crippen molar-refractivity contribution in [1.82, 2.24) is 9.97 Å². The quantitative estimate of drug-likeness (QED) is 0.385. The van der Waals surface area contributed by atoms with E-state index < -0.39 is 23.8 Å². The van der Waals surface area contributed by atoms with Gasteiger partial charge in [0, 0.05) is 19.0 Å². The van der Waals surface area contributed by atoms with Crippen LogP contribution in [-0.2, 0) is 0 Å². The highest BCUT2D eigenvalue weighted by molar-refractivity contribution is 14.1. The molecule has 0 aliphatic heterocycles. The van der Waals surface area contributed by atoms with Gasteiger partial charge in [-0.15, -0.1) is 0 Å². The van der Waals surface area contributed by atoms with Gasteiger partial charge in [0.25, 0.3) is 6.43 Å². The van der Waals surface area contributed by atoms with Crippen molar-refractivity contribution in [3.05, 3.63) is 61.1 Å². The molecule has 136 valence electrons. The number of benzene rings is 2. The zero-order valence-corrected chi connectivity index (χ0v) is 17.6. The maximum Gasteiger partial charge on any atom is 0.266 e. The molecule has 3 aromatic rings. The minimum absolute atomic E-state index is 0.166. The van der Waals surface area contributed by atoms with E-state index in [0.29, 0.717) is 11.6 Å². The number of rotatable bonds is 4. The average Bonchev–Trinajstić information content (AvgIpc) is 2.56. The predicted molar refractivity (Wildman–Crippen MR) is 108 cm³/mol. The number of hydrogen-bond acceptors (Lipinski definition) is 3. The Kier molecular flexibility index (Phi) is 5.71. The van der Waals surface area contributed by atoms with Gasteiger partial charge in [-0.25, -0.2) is 23.1 Å². The molecule has 26 heavy (non-hydrogen) atoms. The molecule has 0 aliphatic rings. The molecule has 2 aromatic carbocycles. The third-order valence-corrected chi connectivity index (χ3v) is 6.25. The van der Waals surface area contributed by atoms with Crippen LogP contribution in [-0.4, -0.2) is 9.97 Å². The zero-order valence-electron chi connectivity index (χ0n) is 13.8. The molecule has 1 atom stereocenters. The van der Waals surface area contributed by atoms with Gasteiger partial charge in [0.2, 0.25) is 0 Å². The molecule has 1 N–H and O–H groups in total. The van der Waals surface area contributed by atoms with Gasteiger partial charge in [-0.3, -0.25) is 0 Å². The Balaban J connectivity index is 2.04. The second-order valence-corrected chi connectivity index (χ2v) is 7.84. The SMILES string of the molecule is Cc1nc(N[C@H](C)c2cccc(C(F)F)c2F)c2cc(I)c(Br)cc2n1. The lowest BCUT2D eigenvalue weighted by atomic mass is 10.0. The van der Waals surface area contributed by atoms with Gasteiger partial charge in [0.05, 0.1) is 17.1 Å². The number of nitrogens with one attached hydrogen (secondary N) is 1. The van der Waals surface area contributed by atoms with E-state index in [4.69, 9.17) is 0 Å². The topological polar surface area (TPSA) is 37.8 Å². The van der Waals surface area contributed by atoms with E-state index in [2.05, 4.69) is 53.8 Å². The number of anilines is 1. The number of halogens is 5. The predicted octanol–water partition coefficient (Wildman–Crippen LogP) is 6.56. The number of nitrogens with zero attached hydrogens (tertiary/aromatic N) is 2. The summed E-state index contributed by atoms with van der Waals surface area (Å²) in [6.45, 7) is 3.47. The van der Waals surface area contributed by atoms with Crippen LogP contribution >= 0.6 is 38.5 Å². The van der Waals surface area contributed by atoms with Crippen molar-refractivity contribution in [3.8, 4) is 0 Å². The third kappa shape index (κ3) is 3.80. The number of aromatic nitrogens is 2. The summed E-state index contributed by atoms with van der Waals surface area (Å²) in [5.74, 6) is 0.198. The highest BCUT2D eigenvalue weighted by atomic mass is 127. The van der Waals surface area contributed by atoms with E-state index in [9.17, 15) is 13.2 Å². The minimum Gasteiger partial charge on any atom is -0.363 e. The van der Waals surface area contributed by atoms with E-state index in [1.54, 1.807) is 13.8 Å². The Bertz CT molecular complexity index is 982. The number of hydrogen-bond donors (Lipinski definition) is 1. The maximum atomic E-state index is 14.4. The Morgan fingerprint density at radius 1 is 1.15 bits per heavy atom. The van der Waals surface area contributed by atoms with Crippen LogP contribution in [0.3, 0.4) is 0 Å². The molecule has 0 amide bonds. The summed E-state index contributed by atoms with van der Waals surface area (Å²) >= 11 is 5.66. The minimum atomic E-state index is -2.86. The summed E-state index contributed by atoms with van der Waals surface area (Å²) in [5, 5.41) is 3.92. The molecule has 0 fully saturated rings. The molecule has 3 nitrogen and oxygen atoms in total. The molecular formula is C18H14BrF3IN3. The average molecular weight is 536 g/mol. The number of fused-ring (bicyclic) bond motifs is 1. The summed E-state index contributed by atoms with van der Waals surface area (Å²) in [4.78, 5) is 8.83. The normalized spacial score (nSPS) is 12.6. The molecule has 0 radical (unpaired) electrons. The van der Waals surface area contributed by atoms with Gasteiger partial charge in [0.1, 0.15) is 17.5 Å². The molecule has 0 saturated carbocycles. The van der Waals surface area contributed by atoms with Gasteiger partial charge in [-0.2, -0.15) is 0 Å². The van der Waals surface area contributed by atoms with Crippen molar-refractivity contribution in [2.45, 2.75) is 26.3 Å². The fourth-order valence-corrected chi connectivity index (χ4v) is 3.50. The molecule has 0 unspecified atom stereocenters. The molecule has 0 saturated heterocycles. The summed E-state index contributed by atoms with van der Waals surface area (Å²) < 4.78 is 42.2. The lowest BCUT2D eigenvalue weighted by molar-refractivity contribution is 0.146. The molecule has 0 aliphatic carbocycles. The van der Waals surface area contributed by atoms with Gasteiger partial charge in [-0.1, -0.05) is 18.2 Å². The van der Waals surface area contributed by atoms with Crippen LogP contribution in [0.5, 0.6) is 0 Å². The highest BCUT2D eigenvalue weighted by Crippen LogP contribution is 2.32. The monoisotopic (exact) mass is 535 g/mol. The second-order valence-electron chi connectivity index (χ2n) is 5.82. The van der Waals surface area contributed by atoms with Crippen molar-refractivity contribution in [3.63, 3.8) is 0 Å². The van der Waals surface area contributed by atoms with E-state index in [1.807, 2.05) is 12.1 Å². The van der Waals surface area contributed by atoms with Crippen LogP contribution in [0.4, 0.5) is 19.0 Å². The first-order chi connectivity index (χ1) is 12.3. The Morgan fingerprint density at radius 3 is 2.54 bits per heavy atom. The van der Waals surface area contributed by atoms with Crippen molar-refractivity contribution >= 4 is 55.2 Å². The van der Waals surface area contributed by atoms with Crippen LogP contribution in [0.25, 0.3) is 10.9 Å². The van der Waals surface area contributed by atoms with Crippen molar-refractivity contribution in [1.29, 1.82) is 0 Å². The first-order valence-electron chi connectivity index (χ1n) is 7.74. The van der Waals surface area contributed by atoms with Crippen LogP contribution < -0.4 is 5.32 Å². The third-order valence-electron chi connectivity index (χ3n) is 3.96. The number of alkyl halides is 2. The largest absolute Gasteiger partial charge is 0.363 e. The van der Waals surface area contributed by atoms with Crippen molar-refractivity contribution in [2.24, 2.45) is 0 Å². The maximum absolute atomic E-state index is 14.4. The summed E-state index contributed by atoms with van der Waals surface area (Å²) in [6, 6.07) is 7.28. The zero-order chi connectivity index (χ0) is 19.0. The van der Waals surface area contributed by atoms with Crippen molar-refractivity contribution in [2.75, 3.05) is 5.32 Å². The summed E-state index contributed by atoms with van der Waals surface area (Å²) in [7, 11) is 0. The van der Waals surface area contributed by atoms with Crippen molar-refractivity contribution < 1.29 is 13.2 Å². The van der Waals surface area contributed by atoms with E-state index in [0.717, 1.165) is 25.0 Å². The van der Waals surface area contributed by atoms with Gasteiger partial charge in [-0.05, 0) is 64.5 Å². The van der Waals surface area contributed by atoms with Crippen LogP contribution in [0.1, 0.15) is 36.3 Å². The van der Waals surface area contributed by atoms with E-state index in [1.165, 1.54) is 12.1 Å². The van der Waals surface area contributed by atoms with E-state index in [-0.39, 0.29) is 5.56 Å². The molecule has 0 bridgehead atoms. The summed E-state index contributed by atoms with van der Waals surface area (Å²) in [6.07, 6.45) is -2.86. The Morgan fingerprint density at radius 2 is 1.85 bits per heavy atom. The molecular weight excluding hydrogens is 522 g/mol.